The Labute approximate surface area is 91.1 Å². The van der Waals surface area contributed by atoms with Crippen LogP contribution < -0.4 is 10.2 Å². The largest absolute Gasteiger partial charge is 0.320 e. The number of benzene rings is 1. The molecule has 3 heteroatoms. The number of hydrogen-bond acceptors (Lipinski definition) is 2. The molecule has 0 saturated carbocycles. The zero-order valence-electron chi connectivity index (χ0n) is 9.36. The van der Waals surface area contributed by atoms with E-state index >= 15 is 0 Å². The lowest BCUT2D eigenvalue weighted by Gasteiger charge is -2.16. The summed E-state index contributed by atoms with van der Waals surface area (Å²) in [6, 6.07) is 9.70. The molecule has 0 bridgehead atoms. The molecule has 0 atom stereocenters. The van der Waals surface area contributed by atoms with Crippen molar-refractivity contribution in [1.29, 1.82) is 0 Å². The van der Waals surface area contributed by atoms with Crippen LogP contribution in [-0.4, -0.2) is 26.5 Å². The Bertz CT molecular complexity index is 298. The third kappa shape index (κ3) is 3.72. The van der Waals surface area contributed by atoms with Crippen LogP contribution in [-0.2, 0) is 4.79 Å². The number of amides is 1. The molecule has 1 N–H and O–H groups in total. The molecule has 0 spiro atoms. The minimum absolute atomic E-state index is 0.163. The Hall–Kier alpha value is -1.35. The number of carbonyl (C=O) groups excluding carboxylic acids is 1. The molecule has 3 nitrogen and oxygen atoms in total. The van der Waals surface area contributed by atoms with Gasteiger partial charge in [-0.25, -0.2) is 0 Å². The number of para-hydroxylation sites is 1. The second-order valence-corrected chi connectivity index (χ2v) is 3.50. The summed E-state index contributed by atoms with van der Waals surface area (Å²) in [5, 5.41) is 3.03. The molecular weight excluding hydrogens is 188 g/mol. The van der Waals surface area contributed by atoms with E-state index in [9.17, 15) is 4.79 Å². The maximum atomic E-state index is 11.7. The highest BCUT2D eigenvalue weighted by Gasteiger charge is 2.09. The first-order chi connectivity index (χ1) is 7.25. The fourth-order valence-electron chi connectivity index (χ4n) is 1.38. The minimum Gasteiger partial charge on any atom is -0.320 e. The summed E-state index contributed by atoms with van der Waals surface area (Å²) in [5.41, 5.74) is 0.951. The third-order valence-corrected chi connectivity index (χ3v) is 2.34. The van der Waals surface area contributed by atoms with Crippen LogP contribution in [0.15, 0.2) is 30.3 Å². The number of carbonyl (C=O) groups is 1. The summed E-state index contributed by atoms with van der Waals surface area (Å²) < 4.78 is 0. The monoisotopic (exact) mass is 206 g/mol. The minimum atomic E-state index is 0.163. The standard InChI is InChI=1S/C12H18N2O/c1-13-10-6-9-12(15)14(2)11-7-4-3-5-8-11/h3-5,7-8,13H,6,9-10H2,1-2H3. The van der Waals surface area contributed by atoms with Gasteiger partial charge in [-0.2, -0.15) is 0 Å². The first-order valence-electron chi connectivity index (χ1n) is 5.22. The fourth-order valence-corrected chi connectivity index (χ4v) is 1.38. The van der Waals surface area contributed by atoms with E-state index < -0.39 is 0 Å². The normalized spacial score (nSPS) is 10.0. The average molecular weight is 206 g/mol. The molecular formula is C12H18N2O. The van der Waals surface area contributed by atoms with Crippen molar-refractivity contribution in [2.75, 3.05) is 25.5 Å². The summed E-state index contributed by atoms with van der Waals surface area (Å²) in [6.07, 6.45) is 1.47. The van der Waals surface area contributed by atoms with Crippen LogP contribution in [0.25, 0.3) is 0 Å². The van der Waals surface area contributed by atoms with Gasteiger partial charge in [0.1, 0.15) is 0 Å². The number of nitrogens with zero attached hydrogens (tertiary/aromatic N) is 1. The van der Waals surface area contributed by atoms with E-state index in [2.05, 4.69) is 5.32 Å². The highest BCUT2D eigenvalue weighted by molar-refractivity contribution is 5.92. The fraction of sp³-hybridized carbons (Fsp3) is 0.417. The maximum absolute atomic E-state index is 11.7. The Morgan fingerprint density at radius 1 is 1.33 bits per heavy atom. The Morgan fingerprint density at radius 3 is 2.60 bits per heavy atom. The Balaban J connectivity index is 2.46. The van der Waals surface area contributed by atoms with Crippen molar-refractivity contribution >= 4 is 11.6 Å². The summed E-state index contributed by atoms with van der Waals surface area (Å²) in [4.78, 5) is 13.4. The Morgan fingerprint density at radius 2 is 2.00 bits per heavy atom. The molecule has 0 fully saturated rings. The number of nitrogens with one attached hydrogen (secondary N) is 1. The molecule has 0 unspecified atom stereocenters. The zero-order valence-corrected chi connectivity index (χ0v) is 9.36. The molecule has 0 heterocycles. The van der Waals surface area contributed by atoms with Crippen molar-refractivity contribution in [2.45, 2.75) is 12.8 Å². The molecule has 1 aromatic rings. The quantitative estimate of drug-likeness (QED) is 0.743. The first kappa shape index (κ1) is 11.7. The second kappa shape index (κ2) is 6.19. The molecule has 0 saturated heterocycles. The predicted octanol–water partition coefficient (Wildman–Crippen LogP) is 1.65. The molecule has 0 aromatic heterocycles. The number of anilines is 1. The SMILES string of the molecule is CNCCCC(=O)N(C)c1ccccc1. The summed E-state index contributed by atoms with van der Waals surface area (Å²) in [7, 11) is 3.71. The van der Waals surface area contributed by atoms with E-state index in [1.807, 2.05) is 44.4 Å². The van der Waals surface area contributed by atoms with Gasteiger partial charge in [-0.1, -0.05) is 18.2 Å². The highest BCUT2D eigenvalue weighted by atomic mass is 16.2. The first-order valence-corrected chi connectivity index (χ1v) is 5.22. The van der Waals surface area contributed by atoms with Crippen LogP contribution in [0.5, 0.6) is 0 Å². The van der Waals surface area contributed by atoms with Crippen molar-refractivity contribution in [2.24, 2.45) is 0 Å². The lowest BCUT2D eigenvalue weighted by molar-refractivity contribution is -0.118. The average Bonchev–Trinajstić information content (AvgIpc) is 2.29. The van der Waals surface area contributed by atoms with Gasteiger partial charge in [-0.15, -0.1) is 0 Å². The summed E-state index contributed by atoms with van der Waals surface area (Å²) in [6.45, 7) is 0.883. The zero-order chi connectivity index (χ0) is 11.1. The topological polar surface area (TPSA) is 32.3 Å². The molecule has 15 heavy (non-hydrogen) atoms. The van der Waals surface area contributed by atoms with Gasteiger partial charge < -0.3 is 10.2 Å². The molecule has 0 aliphatic carbocycles. The lowest BCUT2D eigenvalue weighted by atomic mass is 10.2. The highest BCUT2D eigenvalue weighted by Crippen LogP contribution is 2.12. The van der Waals surface area contributed by atoms with Crippen LogP contribution in [0.4, 0.5) is 5.69 Å². The smallest absolute Gasteiger partial charge is 0.226 e. The van der Waals surface area contributed by atoms with Gasteiger partial charge in [0, 0.05) is 19.2 Å². The van der Waals surface area contributed by atoms with Crippen LogP contribution in [0.1, 0.15) is 12.8 Å². The maximum Gasteiger partial charge on any atom is 0.226 e. The molecule has 0 radical (unpaired) electrons. The van der Waals surface area contributed by atoms with Gasteiger partial charge in [0.2, 0.25) is 5.91 Å². The van der Waals surface area contributed by atoms with Gasteiger partial charge in [0.15, 0.2) is 0 Å². The van der Waals surface area contributed by atoms with E-state index in [-0.39, 0.29) is 5.91 Å². The van der Waals surface area contributed by atoms with E-state index in [4.69, 9.17) is 0 Å². The van der Waals surface area contributed by atoms with E-state index in [1.54, 1.807) is 4.90 Å². The molecule has 1 rings (SSSR count). The van der Waals surface area contributed by atoms with Gasteiger partial charge in [0.05, 0.1) is 0 Å². The van der Waals surface area contributed by atoms with Gasteiger partial charge in [0.25, 0.3) is 0 Å². The van der Waals surface area contributed by atoms with Crippen LogP contribution in [0.2, 0.25) is 0 Å². The third-order valence-electron chi connectivity index (χ3n) is 2.34. The van der Waals surface area contributed by atoms with Crippen molar-refractivity contribution in [1.82, 2.24) is 5.32 Å². The molecule has 0 aliphatic heterocycles. The van der Waals surface area contributed by atoms with E-state index in [0.717, 1.165) is 18.7 Å². The predicted molar refractivity (Wildman–Crippen MR) is 63.0 cm³/mol. The van der Waals surface area contributed by atoms with Crippen molar-refractivity contribution in [3.63, 3.8) is 0 Å². The molecule has 82 valence electrons. The molecule has 1 amide bonds. The number of hydrogen-bond donors (Lipinski definition) is 1. The number of rotatable bonds is 5. The van der Waals surface area contributed by atoms with Crippen LogP contribution >= 0.6 is 0 Å². The van der Waals surface area contributed by atoms with Gasteiger partial charge in [-0.3, -0.25) is 4.79 Å². The molecule has 1 aromatic carbocycles. The summed E-state index contributed by atoms with van der Waals surface area (Å²) in [5.74, 6) is 0.163. The Kier molecular flexibility index (Phi) is 4.84. The van der Waals surface area contributed by atoms with Crippen molar-refractivity contribution in [3.8, 4) is 0 Å². The summed E-state index contributed by atoms with van der Waals surface area (Å²) >= 11 is 0. The van der Waals surface area contributed by atoms with Crippen LogP contribution in [0, 0.1) is 0 Å². The van der Waals surface area contributed by atoms with Crippen molar-refractivity contribution < 1.29 is 4.79 Å². The van der Waals surface area contributed by atoms with Gasteiger partial charge >= 0.3 is 0 Å². The van der Waals surface area contributed by atoms with Gasteiger partial charge in [-0.05, 0) is 32.1 Å². The van der Waals surface area contributed by atoms with E-state index in [1.165, 1.54) is 0 Å². The van der Waals surface area contributed by atoms with Crippen LogP contribution in [0.3, 0.4) is 0 Å². The van der Waals surface area contributed by atoms with Crippen molar-refractivity contribution in [3.05, 3.63) is 30.3 Å². The lowest BCUT2D eigenvalue weighted by Crippen LogP contribution is -2.26. The second-order valence-electron chi connectivity index (χ2n) is 3.50. The molecule has 0 aliphatic rings. The van der Waals surface area contributed by atoms with E-state index in [0.29, 0.717) is 6.42 Å².